The van der Waals surface area contributed by atoms with Gasteiger partial charge in [0.1, 0.15) is 5.82 Å². The van der Waals surface area contributed by atoms with Gasteiger partial charge in [-0.1, -0.05) is 18.2 Å². The molecule has 1 aliphatic heterocycles. The van der Waals surface area contributed by atoms with Gasteiger partial charge >= 0.3 is 12.0 Å². The van der Waals surface area contributed by atoms with Crippen molar-refractivity contribution < 1.29 is 24.2 Å². The molecule has 1 unspecified atom stereocenters. The first-order valence-corrected chi connectivity index (χ1v) is 8.59. The number of pyridine rings is 1. The minimum Gasteiger partial charge on any atom is -0.483 e. The van der Waals surface area contributed by atoms with Crippen molar-refractivity contribution in [1.82, 2.24) is 15.6 Å². The van der Waals surface area contributed by atoms with Crippen molar-refractivity contribution in [1.29, 1.82) is 0 Å². The number of hydrogen-bond acceptors (Lipinski definition) is 6. The normalized spacial score (nSPS) is 15.4. The average molecular weight is 398 g/mol. The Bertz CT molecular complexity index is 971. The van der Waals surface area contributed by atoms with Crippen molar-refractivity contribution in [2.45, 2.75) is 19.9 Å². The Morgan fingerprint density at radius 2 is 2.00 bits per heavy atom. The van der Waals surface area contributed by atoms with E-state index >= 15 is 0 Å². The smallest absolute Gasteiger partial charge is 0.337 e. The second kappa shape index (κ2) is 9.36. The fraction of sp³-hybridized carbons (Fsp3) is 0.200. The number of aryl methyl sites for hydroxylation is 1. The van der Waals surface area contributed by atoms with Gasteiger partial charge in [-0.15, -0.1) is 0 Å². The van der Waals surface area contributed by atoms with Crippen molar-refractivity contribution in [3.63, 3.8) is 0 Å². The number of nitrogens with one attached hydrogen (secondary N) is 2. The van der Waals surface area contributed by atoms with Crippen LogP contribution in [0.1, 0.15) is 24.1 Å². The number of carbonyl (C=O) groups excluding carboxylic acids is 2. The molecule has 0 spiro atoms. The predicted molar refractivity (Wildman–Crippen MR) is 107 cm³/mol. The van der Waals surface area contributed by atoms with Crippen molar-refractivity contribution in [2.24, 2.45) is 0 Å². The number of benzene rings is 1. The highest BCUT2D eigenvalue weighted by atomic mass is 16.5. The van der Waals surface area contributed by atoms with Gasteiger partial charge in [-0.25, -0.2) is 14.6 Å². The van der Waals surface area contributed by atoms with Crippen LogP contribution in [0.4, 0.5) is 10.6 Å². The number of urea groups is 1. The monoisotopic (exact) mass is 398 g/mol. The van der Waals surface area contributed by atoms with Crippen molar-refractivity contribution in [2.75, 3.05) is 12.8 Å². The number of rotatable bonds is 3. The molecule has 0 fully saturated rings. The lowest BCUT2D eigenvalue weighted by molar-refractivity contribution is -0.136. The fourth-order valence-corrected chi connectivity index (χ4v) is 3.09. The molecule has 1 aromatic carbocycles. The first kappa shape index (κ1) is 21.4. The van der Waals surface area contributed by atoms with Crippen LogP contribution in [0, 0.1) is 6.92 Å². The van der Waals surface area contributed by atoms with Crippen molar-refractivity contribution >= 4 is 24.3 Å². The van der Waals surface area contributed by atoms with E-state index < -0.39 is 12.0 Å². The van der Waals surface area contributed by atoms with Crippen LogP contribution < -0.4 is 16.4 Å². The highest BCUT2D eigenvalue weighted by molar-refractivity contribution is 5.95. The molecule has 0 bridgehead atoms. The molecule has 2 aromatic rings. The van der Waals surface area contributed by atoms with Crippen LogP contribution >= 0.6 is 0 Å². The highest BCUT2D eigenvalue weighted by Crippen LogP contribution is 2.31. The summed E-state index contributed by atoms with van der Waals surface area (Å²) in [7, 11) is 1.32. The number of esters is 1. The summed E-state index contributed by atoms with van der Waals surface area (Å²) < 4.78 is 4.88. The number of anilines is 1. The lowest BCUT2D eigenvalue weighted by Crippen LogP contribution is -2.45. The van der Waals surface area contributed by atoms with E-state index in [0.717, 1.165) is 22.3 Å². The third-order valence-corrected chi connectivity index (χ3v) is 4.34. The third kappa shape index (κ3) is 4.89. The Balaban J connectivity index is 0.000000941. The van der Waals surface area contributed by atoms with Crippen molar-refractivity contribution in [3.8, 4) is 11.1 Å². The predicted octanol–water partition coefficient (Wildman–Crippen LogP) is 2.14. The van der Waals surface area contributed by atoms with Crippen LogP contribution in [0.2, 0.25) is 0 Å². The van der Waals surface area contributed by atoms with E-state index in [1.807, 2.05) is 31.2 Å². The summed E-state index contributed by atoms with van der Waals surface area (Å²) in [5, 5.41) is 12.3. The molecular formula is C20H22N4O5. The van der Waals surface area contributed by atoms with E-state index in [1.165, 1.54) is 7.11 Å². The molecule has 9 nitrogen and oxygen atoms in total. The minimum absolute atomic E-state index is 0.250. The van der Waals surface area contributed by atoms with E-state index in [1.54, 1.807) is 19.2 Å². The fourth-order valence-electron chi connectivity index (χ4n) is 3.09. The second-order valence-electron chi connectivity index (χ2n) is 6.22. The maximum absolute atomic E-state index is 12.2. The standard InChI is InChI=1S/C19H20N4O3.CH2O2/c1-10-7-15(20)21-9-14(10)12-5-4-6-13(8-12)17-16(18(24)26-3)11(2)22-19(25)23-17;2-1-3/h4-9,17H,1-3H3,(H2,20,21)(H2,22,23,25);1H,(H,2,3). The topological polar surface area (TPSA) is 144 Å². The molecule has 2 amide bonds. The van der Waals surface area contributed by atoms with E-state index in [9.17, 15) is 9.59 Å². The third-order valence-electron chi connectivity index (χ3n) is 4.34. The molecule has 1 aliphatic rings. The number of amides is 2. The summed E-state index contributed by atoms with van der Waals surface area (Å²) in [5.74, 6) is -0.0321. The number of aromatic nitrogens is 1. The summed E-state index contributed by atoms with van der Waals surface area (Å²) >= 11 is 0. The minimum atomic E-state index is -0.599. The zero-order valence-electron chi connectivity index (χ0n) is 16.2. The number of nitrogens with two attached hydrogens (primary N) is 1. The number of carboxylic acid groups (broad SMARTS) is 1. The molecule has 9 heteroatoms. The number of methoxy groups -OCH3 is 1. The number of ether oxygens (including phenoxy) is 1. The van der Waals surface area contributed by atoms with Crippen LogP contribution in [0.5, 0.6) is 0 Å². The van der Waals surface area contributed by atoms with Crippen LogP contribution in [0.3, 0.4) is 0 Å². The Morgan fingerprint density at radius 1 is 1.31 bits per heavy atom. The van der Waals surface area contributed by atoms with Gasteiger partial charge in [0, 0.05) is 17.5 Å². The maximum atomic E-state index is 12.2. The molecule has 2 heterocycles. The number of hydrogen-bond donors (Lipinski definition) is 4. The van der Waals surface area contributed by atoms with Crippen LogP contribution in [-0.4, -0.2) is 35.7 Å². The largest absolute Gasteiger partial charge is 0.483 e. The maximum Gasteiger partial charge on any atom is 0.337 e. The molecule has 0 saturated heterocycles. The summed E-state index contributed by atoms with van der Waals surface area (Å²) in [6.45, 7) is 3.38. The number of carbonyl (C=O) groups is 3. The van der Waals surface area contributed by atoms with Gasteiger partial charge in [0.15, 0.2) is 0 Å². The summed E-state index contributed by atoms with van der Waals surface area (Å²) in [5.41, 5.74) is 10.2. The van der Waals surface area contributed by atoms with Gasteiger partial charge in [-0.05, 0) is 42.7 Å². The number of nitrogens with zero attached hydrogens (tertiary/aromatic N) is 1. The van der Waals surface area contributed by atoms with E-state index in [4.69, 9.17) is 20.4 Å². The lowest BCUT2D eigenvalue weighted by atomic mass is 9.92. The number of allylic oxidation sites excluding steroid dienone is 1. The Hall–Kier alpha value is -3.88. The van der Waals surface area contributed by atoms with E-state index in [0.29, 0.717) is 17.1 Å². The molecule has 0 radical (unpaired) electrons. The summed E-state index contributed by atoms with van der Waals surface area (Å²) in [6, 6.07) is 8.44. The van der Waals surface area contributed by atoms with Gasteiger partial charge in [0.25, 0.3) is 6.47 Å². The summed E-state index contributed by atoms with van der Waals surface area (Å²) in [6.07, 6.45) is 1.72. The Kier molecular flexibility index (Phi) is 6.91. The molecule has 152 valence electrons. The summed E-state index contributed by atoms with van der Waals surface area (Å²) in [4.78, 5) is 36.7. The van der Waals surface area contributed by atoms with Crippen LogP contribution in [0.15, 0.2) is 47.8 Å². The van der Waals surface area contributed by atoms with Crippen LogP contribution in [0.25, 0.3) is 11.1 Å². The molecule has 3 rings (SSSR count). The quantitative estimate of drug-likeness (QED) is 0.458. The van der Waals surface area contributed by atoms with E-state index in [2.05, 4.69) is 15.6 Å². The highest BCUT2D eigenvalue weighted by Gasteiger charge is 2.31. The Morgan fingerprint density at radius 3 is 2.62 bits per heavy atom. The zero-order chi connectivity index (χ0) is 21.6. The van der Waals surface area contributed by atoms with Crippen LogP contribution in [-0.2, 0) is 14.3 Å². The molecule has 29 heavy (non-hydrogen) atoms. The lowest BCUT2D eigenvalue weighted by Gasteiger charge is -2.28. The number of nitrogen functional groups attached to an aromatic ring is 1. The molecule has 1 atom stereocenters. The van der Waals surface area contributed by atoms with Gasteiger partial charge in [-0.3, -0.25) is 4.79 Å². The molecule has 5 N–H and O–H groups in total. The second-order valence-corrected chi connectivity index (χ2v) is 6.22. The van der Waals surface area contributed by atoms with Gasteiger partial charge in [0.2, 0.25) is 0 Å². The molecule has 0 aliphatic carbocycles. The average Bonchev–Trinajstić information content (AvgIpc) is 2.67. The van der Waals surface area contributed by atoms with Gasteiger partial charge in [0.05, 0.1) is 18.7 Å². The first-order valence-electron chi connectivity index (χ1n) is 8.59. The zero-order valence-corrected chi connectivity index (χ0v) is 16.2. The Labute approximate surface area is 167 Å². The molecule has 0 saturated carbocycles. The van der Waals surface area contributed by atoms with Gasteiger partial charge < -0.3 is 26.2 Å². The molecule has 1 aromatic heterocycles. The first-order chi connectivity index (χ1) is 13.8. The SMILES string of the molecule is COC(=O)C1=C(C)NC(=O)NC1c1cccc(-c2cnc(N)cc2C)c1.O=CO. The molecular weight excluding hydrogens is 376 g/mol. The van der Waals surface area contributed by atoms with Gasteiger partial charge in [-0.2, -0.15) is 0 Å². The van der Waals surface area contributed by atoms with Crippen molar-refractivity contribution in [3.05, 3.63) is 58.9 Å². The van der Waals surface area contributed by atoms with E-state index in [-0.39, 0.29) is 12.5 Å².